The van der Waals surface area contributed by atoms with Crippen molar-refractivity contribution in [3.8, 4) is 0 Å². The predicted molar refractivity (Wildman–Crippen MR) is 45.9 cm³/mol. The summed E-state index contributed by atoms with van der Waals surface area (Å²) in [7, 11) is 0. The molecule has 0 saturated carbocycles. The molecule has 0 rings (SSSR count). The van der Waals surface area contributed by atoms with E-state index in [4.69, 9.17) is 5.11 Å². The van der Waals surface area contributed by atoms with E-state index in [0.717, 1.165) is 0 Å². The van der Waals surface area contributed by atoms with Gasteiger partial charge in [0.05, 0.1) is 6.61 Å². The van der Waals surface area contributed by atoms with Gasteiger partial charge in [0.1, 0.15) is 0 Å². The highest BCUT2D eigenvalue weighted by atomic mass is 16.2. The number of primary amides is 1. The summed E-state index contributed by atoms with van der Waals surface area (Å²) in [6.07, 6.45) is 7.27. The number of hydrogen-bond donors (Lipinski definition) is 2. The monoisotopic (exact) mass is 157 g/mol. The van der Waals surface area contributed by atoms with Crippen LogP contribution < -0.4 is 5.73 Å². The van der Waals surface area contributed by atoms with Crippen LogP contribution in [0, 0.1) is 0 Å². The first-order chi connectivity index (χ1) is 5.15. The topological polar surface area (TPSA) is 63.3 Å². The van der Waals surface area contributed by atoms with Gasteiger partial charge in [-0.2, -0.15) is 0 Å². The fourth-order valence-electron chi connectivity index (χ4n) is 0.251. The third-order valence-corrected chi connectivity index (χ3v) is 0.545. The third kappa shape index (κ3) is 50.2. The van der Waals surface area contributed by atoms with Crippen LogP contribution >= 0.6 is 0 Å². The Labute approximate surface area is 67.2 Å². The summed E-state index contributed by atoms with van der Waals surface area (Å²) in [5.74, 6) is -0.333. The molecular formula is C8H15NO2. The molecule has 0 aliphatic heterocycles. The van der Waals surface area contributed by atoms with E-state index in [0.29, 0.717) is 0 Å². The van der Waals surface area contributed by atoms with Gasteiger partial charge in [-0.05, 0) is 6.92 Å². The van der Waals surface area contributed by atoms with Gasteiger partial charge in [-0.25, -0.2) is 0 Å². The van der Waals surface area contributed by atoms with E-state index in [9.17, 15) is 4.79 Å². The molecule has 1 amide bonds. The van der Waals surface area contributed by atoms with E-state index in [1.807, 2.05) is 19.1 Å². The Kier molecular flexibility index (Phi) is 13.3. The van der Waals surface area contributed by atoms with Gasteiger partial charge in [0, 0.05) is 6.92 Å². The lowest BCUT2D eigenvalue weighted by atomic mass is 10.4. The SMILES string of the molecule is C/C=C/C=C/CO.CC(N)=O. The first kappa shape index (κ1) is 12.6. The van der Waals surface area contributed by atoms with Crippen molar-refractivity contribution in [1.82, 2.24) is 0 Å². The highest BCUT2D eigenvalue weighted by Crippen LogP contribution is 1.72. The lowest BCUT2D eigenvalue weighted by molar-refractivity contribution is -0.115. The number of rotatable bonds is 2. The first-order valence-electron chi connectivity index (χ1n) is 3.29. The van der Waals surface area contributed by atoms with E-state index in [1.165, 1.54) is 6.92 Å². The minimum Gasteiger partial charge on any atom is -0.392 e. The average molecular weight is 157 g/mol. The normalized spacial score (nSPS) is 9.73. The molecule has 3 nitrogen and oxygen atoms in total. The molecule has 0 aromatic rings. The van der Waals surface area contributed by atoms with Crippen molar-refractivity contribution in [2.24, 2.45) is 5.73 Å². The minimum atomic E-state index is -0.333. The molecule has 0 aliphatic rings. The average Bonchev–Trinajstić information content (AvgIpc) is 1.88. The fourth-order valence-corrected chi connectivity index (χ4v) is 0.251. The van der Waals surface area contributed by atoms with Crippen molar-refractivity contribution in [2.75, 3.05) is 6.61 Å². The summed E-state index contributed by atoms with van der Waals surface area (Å²) in [6, 6.07) is 0. The van der Waals surface area contributed by atoms with E-state index in [2.05, 4.69) is 5.73 Å². The Balaban J connectivity index is 0. The zero-order valence-corrected chi connectivity index (χ0v) is 6.95. The summed E-state index contributed by atoms with van der Waals surface area (Å²) in [6.45, 7) is 3.37. The Morgan fingerprint density at radius 3 is 2.27 bits per heavy atom. The van der Waals surface area contributed by atoms with Gasteiger partial charge in [0.25, 0.3) is 0 Å². The smallest absolute Gasteiger partial charge is 0.214 e. The number of nitrogens with two attached hydrogens (primary N) is 1. The van der Waals surface area contributed by atoms with Crippen LogP contribution in [0.25, 0.3) is 0 Å². The second kappa shape index (κ2) is 11.7. The van der Waals surface area contributed by atoms with E-state index < -0.39 is 0 Å². The molecule has 0 heterocycles. The number of hydrogen-bond acceptors (Lipinski definition) is 2. The fraction of sp³-hybridized carbons (Fsp3) is 0.375. The van der Waals surface area contributed by atoms with Gasteiger partial charge >= 0.3 is 0 Å². The third-order valence-electron chi connectivity index (χ3n) is 0.545. The molecule has 0 aromatic carbocycles. The lowest BCUT2D eigenvalue weighted by Gasteiger charge is -1.70. The number of aliphatic hydroxyl groups excluding tert-OH is 1. The zero-order chi connectivity index (χ0) is 9.11. The Morgan fingerprint density at radius 2 is 2.00 bits per heavy atom. The first-order valence-corrected chi connectivity index (χ1v) is 3.29. The zero-order valence-electron chi connectivity index (χ0n) is 6.95. The number of aliphatic hydroxyl groups is 1. The van der Waals surface area contributed by atoms with Crippen molar-refractivity contribution in [3.05, 3.63) is 24.3 Å². The quantitative estimate of drug-likeness (QED) is 0.576. The number of amides is 1. The molecule has 0 radical (unpaired) electrons. The number of carbonyl (C=O) groups excluding carboxylic acids is 1. The van der Waals surface area contributed by atoms with Crippen LogP contribution in [0.2, 0.25) is 0 Å². The maximum atomic E-state index is 9.22. The van der Waals surface area contributed by atoms with Crippen molar-refractivity contribution >= 4 is 5.91 Å². The minimum absolute atomic E-state index is 0.129. The maximum Gasteiger partial charge on any atom is 0.214 e. The Morgan fingerprint density at radius 1 is 1.55 bits per heavy atom. The highest BCUT2D eigenvalue weighted by Gasteiger charge is 1.61. The molecule has 3 N–H and O–H groups in total. The molecule has 3 heteroatoms. The van der Waals surface area contributed by atoms with E-state index >= 15 is 0 Å². The molecule has 11 heavy (non-hydrogen) atoms. The van der Waals surface area contributed by atoms with Crippen LogP contribution in [0.4, 0.5) is 0 Å². The van der Waals surface area contributed by atoms with Crippen LogP contribution in [-0.4, -0.2) is 17.6 Å². The highest BCUT2D eigenvalue weighted by molar-refractivity contribution is 5.70. The van der Waals surface area contributed by atoms with Crippen molar-refractivity contribution in [2.45, 2.75) is 13.8 Å². The molecule has 0 spiro atoms. The molecule has 0 fully saturated rings. The Hall–Kier alpha value is -1.09. The van der Waals surface area contributed by atoms with Crippen LogP contribution in [0.1, 0.15) is 13.8 Å². The molecule has 0 bridgehead atoms. The molecule has 0 unspecified atom stereocenters. The lowest BCUT2D eigenvalue weighted by Crippen LogP contribution is -2.01. The number of carbonyl (C=O) groups is 1. The maximum absolute atomic E-state index is 9.22. The molecule has 0 saturated heterocycles. The number of allylic oxidation sites excluding steroid dienone is 3. The second-order valence-corrected chi connectivity index (χ2v) is 1.75. The van der Waals surface area contributed by atoms with E-state index in [-0.39, 0.29) is 12.5 Å². The Bertz CT molecular complexity index is 135. The van der Waals surface area contributed by atoms with Gasteiger partial charge in [-0.1, -0.05) is 24.3 Å². The summed E-state index contributed by atoms with van der Waals surface area (Å²) in [4.78, 5) is 9.22. The molecule has 0 aliphatic carbocycles. The van der Waals surface area contributed by atoms with Gasteiger partial charge in [-0.15, -0.1) is 0 Å². The molecule has 0 atom stereocenters. The standard InChI is InChI=1S/C6H10O.C2H5NO/c1-2-3-4-5-6-7;1-2(3)4/h2-5,7H,6H2,1H3;1H3,(H2,3,4)/b3-2+,5-4+;. The van der Waals surface area contributed by atoms with Crippen LogP contribution in [0.3, 0.4) is 0 Å². The summed E-state index contributed by atoms with van der Waals surface area (Å²) >= 11 is 0. The summed E-state index contributed by atoms with van der Waals surface area (Å²) in [5, 5.41) is 8.17. The molecule has 64 valence electrons. The van der Waals surface area contributed by atoms with Gasteiger partial charge in [0.2, 0.25) is 5.91 Å². The predicted octanol–water partition coefficient (Wildman–Crippen LogP) is 0.603. The van der Waals surface area contributed by atoms with Crippen LogP contribution in [0.5, 0.6) is 0 Å². The second-order valence-electron chi connectivity index (χ2n) is 1.75. The van der Waals surface area contributed by atoms with Gasteiger partial charge < -0.3 is 10.8 Å². The summed E-state index contributed by atoms with van der Waals surface area (Å²) in [5.41, 5.74) is 4.47. The molecular weight excluding hydrogens is 142 g/mol. The van der Waals surface area contributed by atoms with Crippen molar-refractivity contribution < 1.29 is 9.90 Å². The van der Waals surface area contributed by atoms with Crippen molar-refractivity contribution in [1.29, 1.82) is 0 Å². The summed E-state index contributed by atoms with van der Waals surface area (Å²) < 4.78 is 0. The van der Waals surface area contributed by atoms with Gasteiger partial charge in [0.15, 0.2) is 0 Å². The van der Waals surface area contributed by atoms with Gasteiger partial charge in [-0.3, -0.25) is 4.79 Å². The van der Waals surface area contributed by atoms with E-state index in [1.54, 1.807) is 12.2 Å². The van der Waals surface area contributed by atoms with Crippen LogP contribution in [-0.2, 0) is 4.79 Å². The molecule has 0 aromatic heterocycles. The van der Waals surface area contributed by atoms with Crippen molar-refractivity contribution in [3.63, 3.8) is 0 Å². The largest absolute Gasteiger partial charge is 0.392 e. The van der Waals surface area contributed by atoms with Crippen LogP contribution in [0.15, 0.2) is 24.3 Å².